The van der Waals surface area contributed by atoms with Crippen molar-refractivity contribution < 1.29 is 14.1 Å². The molecule has 0 bridgehead atoms. The number of amides is 1. The third-order valence-corrected chi connectivity index (χ3v) is 3.48. The number of nitrogens with one attached hydrogen (secondary N) is 2. The standard InChI is InChI=1S/C12H17N3O4/c1-12(4-6-13-7-5-12)8-14-11(16)9-2-3-10(19-9)15(17)18/h2-3,13H,4-8H2,1H3,(H,14,16). The lowest BCUT2D eigenvalue weighted by Crippen LogP contribution is -2.42. The van der Waals surface area contributed by atoms with Crippen LogP contribution in [0.25, 0.3) is 0 Å². The van der Waals surface area contributed by atoms with E-state index in [0.717, 1.165) is 25.9 Å². The molecule has 1 aromatic heterocycles. The van der Waals surface area contributed by atoms with Crippen LogP contribution in [0.2, 0.25) is 0 Å². The maximum Gasteiger partial charge on any atom is 0.433 e. The molecule has 7 heteroatoms. The third-order valence-electron chi connectivity index (χ3n) is 3.48. The first-order chi connectivity index (χ1) is 9.00. The summed E-state index contributed by atoms with van der Waals surface area (Å²) in [5.41, 5.74) is 0.0689. The lowest BCUT2D eigenvalue weighted by Gasteiger charge is -2.33. The summed E-state index contributed by atoms with van der Waals surface area (Å²) in [5.74, 6) is -0.852. The second-order valence-corrected chi connectivity index (χ2v) is 5.14. The van der Waals surface area contributed by atoms with E-state index in [1.54, 1.807) is 0 Å². The van der Waals surface area contributed by atoms with Crippen molar-refractivity contribution in [3.63, 3.8) is 0 Å². The summed E-state index contributed by atoms with van der Waals surface area (Å²) in [6.45, 7) is 4.55. The average Bonchev–Trinajstić information content (AvgIpc) is 2.87. The molecule has 2 N–H and O–H groups in total. The van der Waals surface area contributed by atoms with E-state index in [1.807, 2.05) is 0 Å². The van der Waals surface area contributed by atoms with Gasteiger partial charge in [-0.25, -0.2) is 0 Å². The Hall–Kier alpha value is -1.89. The maximum atomic E-state index is 11.8. The summed E-state index contributed by atoms with van der Waals surface area (Å²) < 4.78 is 4.86. The van der Waals surface area contributed by atoms with Gasteiger partial charge in [0.15, 0.2) is 5.76 Å². The van der Waals surface area contributed by atoms with Gasteiger partial charge in [-0.3, -0.25) is 14.9 Å². The van der Waals surface area contributed by atoms with Crippen molar-refractivity contribution in [2.45, 2.75) is 19.8 Å². The van der Waals surface area contributed by atoms with Gasteiger partial charge in [0.2, 0.25) is 0 Å². The number of furan rings is 1. The second-order valence-electron chi connectivity index (χ2n) is 5.14. The van der Waals surface area contributed by atoms with E-state index >= 15 is 0 Å². The van der Waals surface area contributed by atoms with Gasteiger partial charge in [0, 0.05) is 6.54 Å². The summed E-state index contributed by atoms with van der Waals surface area (Å²) in [7, 11) is 0. The van der Waals surface area contributed by atoms with Crippen LogP contribution in [0.15, 0.2) is 16.5 Å². The van der Waals surface area contributed by atoms with E-state index in [4.69, 9.17) is 4.42 Å². The molecule has 19 heavy (non-hydrogen) atoms. The molecule has 1 aromatic rings. The highest BCUT2D eigenvalue weighted by Crippen LogP contribution is 2.26. The molecule has 0 aliphatic carbocycles. The van der Waals surface area contributed by atoms with Gasteiger partial charge in [0.1, 0.15) is 4.92 Å². The van der Waals surface area contributed by atoms with Gasteiger partial charge in [0.05, 0.1) is 6.07 Å². The van der Waals surface area contributed by atoms with Gasteiger partial charge in [-0.15, -0.1) is 0 Å². The van der Waals surface area contributed by atoms with Crippen LogP contribution in [0.4, 0.5) is 5.88 Å². The van der Waals surface area contributed by atoms with Gasteiger partial charge >= 0.3 is 5.88 Å². The number of nitro groups is 1. The molecule has 0 aromatic carbocycles. The first-order valence-electron chi connectivity index (χ1n) is 6.23. The third kappa shape index (κ3) is 3.31. The second kappa shape index (κ2) is 5.40. The molecular weight excluding hydrogens is 250 g/mol. The number of hydrogen-bond acceptors (Lipinski definition) is 5. The van der Waals surface area contributed by atoms with Crippen LogP contribution in [0, 0.1) is 15.5 Å². The SMILES string of the molecule is CC1(CNC(=O)c2ccc([N+](=O)[O-])o2)CCNCC1. The summed E-state index contributed by atoms with van der Waals surface area (Å²) in [6.07, 6.45) is 1.98. The van der Waals surface area contributed by atoms with E-state index < -0.39 is 16.7 Å². The topological polar surface area (TPSA) is 97.4 Å². The van der Waals surface area contributed by atoms with Crippen molar-refractivity contribution >= 4 is 11.8 Å². The Bertz CT molecular complexity index is 477. The van der Waals surface area contributed by atoms with Crippen LogP contribution in [-0.2, 0) is 0 Å². The van der Waals surface area contributed by atoms with E-state index in [2.05, 4.69) is 17.6 Å². The van der Waals surface area contributed by atoms with Crippen molar-refractivity contribution in [2.24, 2.45) is 5.41 Å². The molecule has 2 rings (SSSR count). The first-order valence-corrected chi connectivity index (χ1v) is 6.23. The molecule has 1 aliphatic rings. The van der Waals surface area contributed by atoms with Crippen molar-refractivity contribution in [1.29, 1.82) is 0 Å². The van der Waals surface area contributed by atoms with Gasteiger partial charge in [-0.05, 0) is 37.4 Å². The highest BCUT2D eigenvalue weighted by atomic mass is 16.6. The molecule has 1 saturated heterocycles. The lowest BCUT2D eigenvalue weighted by molar-refractivity contribution is -0.402. The average molecular weight is 267 g/mol. The number of rotatable bonds is 4. The number of hydrogen-bond donors (Lipinski definition) is 2. The summed E-state index contributed by atoms with van der Waals surface area (Å²) in [6, 6.07) is 2.50. The normalized spacial score (nSPS) is 17.9. The Morgan fingerprint density at radius 2 is 2.21 bits per heavy atom. The van der Waals surface area contributed by atoms with Crippen LogP contribution < -0.4 is 10.6 Å². The number of carbonyl (C=O) groups excluding carboxylic acids is 1. The van der Waals surface area contributed by atoms with Crippen molar-refractivity contribution in [3.05, 3.63) is 28.0 Å². The number of piperidine rings is 1. The molecule has 1 amide bonds. The molecule has 2 heterocycles. The van der Waals surface area contributed by atoms with Gasteiger partial charge < -0.3 is 15.1 Å². The monoisotopic (exact) mass is 267 g/mol. The lowest BCUT2D eigenvalue weighted by atomic mass is 9.81. The number of nitrogens with zero attached hydrogens (tertiary/aromatic N) is 1. The largest absolute Gasteiger partial charge is 0.433 e. The zero-order chi connectivity index (χ0) is 13.9. The van der Waals surface area contributed by atoms with Crippen LogP contribution >= 0.6 is 0 Å². The molecule has 0 atom stereocenters. The van der Waals surface area contributed by atoms with E-state index in [0.29, 0.717) is 6.54 Å². The zero-order valence-corrected chi connectivity index (χ0v) is 10.8. The summed E-state index contributed by atoms with van der Waals surface area (Å²) in [4.78, 5) is 21.6. The smallest absolute Gasteiger partial charge is 0.395 e. The molecule has 0 radical (unpaired) electrons. The predicted octanol–water partition coefficient (Wildman–Crippen LogP) is 1.31. The minimum Gasteiger partial charge on any atom is -0.395 e. The summed E-state index contributed by atoms with van der Waals surface area (Å²) >= 11 is 0. The maximum absolute atomic E-state index is 11.8. The Labute approximate surface area is 110 Å². The van der Waals surface area contributed by atoms with Crippen molar-refractivity contribution in [3.8, 4) is 0 Å². The Balaban J connectivity index is 1.91. The summed E-state index contributed by atoms with van der Waals surface area (Å²) in [5, 5.41) is 16.5. The molecule has 0 spiro atoms. The van der Waals surface area contributed by atoms with Gasteiger partial charge in [-0.2, -0.15) is 0 Å². The molecule has 7 nitrogen and oxygen atoms in total. The predicted molar refractivity (Wildman–Crippen MR) is 67.9 cm³/mol. The van der Waals surface area contributed by atoms with E-state index in [-0.39, 0.29) is 11.2 Å². The fourth-order valence-electron chi connectivity index (χ4n) is 2.14. The molecule has 1 fully saturated rings. The van der Waals surface area contributed by atoms with Crippen LogP contribution in [0.1, 0.15) is 30.3 Å². The molecule has 104 valence electrons. The Morgan fingerprint density at radius 3 is 2.79 bits per heavy atom. The molecule has 0 unspecified atom stereocenters. The van der Waals surface area contributed by atoms with Gasteiger partial charge in [0.25, 0.3) is 5.91 Å². The van der Waals surface area contributed by atoms with Gasteiger partial charge in [-0.1, -0.05) is 6.92 Å². The van der Waals surface area contributed by atoms with E-state index in [1.165, 1.54) is 12.1 Å². The Morgan fingerprint density at radius 1 is 1.53 bits per heavy atom. The van der Waals surface area contributed by atoms with Crippen molar-refractivity contribution in [1.82, 2.24) is 10.6 Å². The van der Waals surface area contributed by atoms with E-state index in [9.17, 15) is 14.9 Å². The highest BCUT2D eigenvalue weighted by Gasteiger charge is 2.28. The van der Waals surface area contributed by atoms with Crippen LogP contribution in [-0.4, -0.2) is 30.5 Å². The first kappa shape index (κ1) is 13.5. The Kier molecular flexibility index (Phi) is 3.84. The number of carbonyl (C=O) groups is 1. The minimum absolute atomic E-state index is 0.0239. The van der Waals surface area contributed by atoms with Crippen LogP contribution in [0.5, 0.6) is 0 Å². The zero-order valence-electron chi connectivity index (χ0n) is 10.8. The highest BCUT2D eigenvalue weighted by molar-refractivity contribution is 5.91. The molecule has 0 saturated carbocycles. The molecular formula is C12H17N3O4. The minimum atomic E-state index is -0.662. The fraction of sp³-hybridized carbons (Fsp3) is 0.583. The van der Waals surface area contributed by atoms with Crippen molar-refractivity contribution in [2.75, 3.05) is 19.6 Å². The molecule has 1 aliphatic heterocycles. The quantitative estimate of drug-likeness (QED) is 0.633. The fourth-order valence-corrected chi connectivity index (χ4v) is 2.14. The van der Waals surface area contributed by atoms with Crippen LogP contribution in [0.3, 0.4) is 0 Å².